The molecule has 0 spiro atoms. The maximum absolute atomic E-state index is 7.45. The lowest BCUT2D eigenvalue weighted by atomic mass is 9.49. The van der Waals surface area contributed by atoms with Gasteiger partial charge in [-0.2, -0.15) is 0 Å². The number of rotatable bonds is 1. The minimum absolute atomic E-state index is 0.322. The smallest absolute Gasteiger partial charge is 0.229 e. The van der Waals surface area contributed by atoms with Gasteiger partial charge in [-0.1, -0.05) is 27.7 Å². The largest absolute Gasteiger partial charge is 0.313 e. The first-order valence-corrected chi connectivity index (χ1v) is 7.26. The van der Waals surface area contributed by atoms with Crippen molar-refractivity contribution >= 4 is 0 Å². The number of nitrogens with zero attached hydrogens (tertiary/aromatic N) is 1. The van der Waals surface area contributed by atoms with Crippen molar-refractivity contribution in [1.29, 1.82) is 0 Å². The molecule has 1 nitrogen and oxygen atoms in total. The Morgan fingerprint density at radius 2 is 1.88 bits per heavy atom. The molecule has 0 amide bonds. The lowest BCUT2D eigenvalue weighted by Crippen LogP contribution is -2.52. The molecule has 4 saturated carbocycles. The number of hydrogen-bond donors (Lipinski definition) is 0. The summed E-state index contributed by atoms with van der Waals surface area (Å²) in [5.41, 5.74) is 0.896. The second kappa shape index (κ2) is 3.28. The summed E-state index contributed by atoms with van der Waals surface area (Å²) in [5.74, 6) is 3.54. The molecular formula is C16H25N. The van der Waals surface area contributed by atoms with Crippen LogP contribution in [0.2, 0.25) is 0 Å². The summed E-state index contributed by atoms with van der Waals surface area (Å²) in [6.45, 7) is 17.2. The third kappa shape index (κ3) is 1.36. The summed E-state index contributed by atoms with van der Waals surface area (Å²) in [6.07, 6.45) is 5.28. The summed E-state index contributed by atoms with van der Waals surface area (Å²) in [6, 6.07) is 0.322. The molecular weight excluding hydrogens is 206 g/mol. The van der Waals surface area contributed by atoms with E-state index < -0.39 is 0 Å². The first-order valence-electron chi connectivity index (χ1n) is 7.26. The van der Waals surface area contributed by atoms with Gasteiger partial charge < -0.3 is 4.85 Å². The molecule has 0 N–H and O–H groups in total. The molecule has 0 aliphatic heterocycles. The Kier molecular flexibility index (Phi) is 2.23. The van der Waals surface area contributed by atoms with Gasteiger partial charge in [-0.25, -0.2) is 6.57 Å². The van der Waals surface area contributed by atoms with Gasteiger partial charge in [0, 0.05) is 11.8 Å². The van der Waals surface area contributed by atoms with Gasteiger partial charge in [-0.05, 0) is 48.3 Å². The van der Waals surface area contributed by atoms with Crippen molar-refractivity contribution in [3.05, 3.63) is 11.4 Å². The molecule has 4 aliphatic carbocycles. The van der Waals surface area contributed by atoms with Crippen LogP contribution in [0.4, 0.5) is 0 Å². The van der Waals surface area contributed by atoms with E-state index in [0.29, 0.717) is 16.9 Å². The van der Waals surface area contributed by atoms with E-state index in [1.165, 1.54) is 25.7 Å². The predicted molar refractivity (Wildman–Crippen MR) is 70.4 cm³/mol. The normalized spacial score (nSPS) is 56.2. The van der Waals surface area contributed by atoms with Crippen LogP contribution in [0.15, 0.2) is 0 Å². The number of fused-ring (bicyclic) bond motifs is 1. The highest BCUT2D eigenvalue weighted by Gasteiger charge is 2.66. The Morgan fingerprint density at radius 1 is 1.18 bits per heavy atom. The van der Waals surface area contributed by atoms with Gasteiger partial charge in [0.1, 0.15) is 0 Å². The van der Waals surface area contributed by atoms with Gasteiger partial charge >= 0.3 is 0 Å². The minimum atomic E-state index is 0.322. The van der Waals surface area contributed by atoms with E-state index in [2.05, 4.69) is 32.5 Å². The Morgan fingerprint density at radius 3 is 2.41 bits per heavy atom. The van der Waals surface area contributed by atoms with Crippen LogP contribution >= 0.6 is 0 Å². The molecule has 94 valence electrons. The molecule has 4 rings (SSSR count). The molecule has 0 saturated heterocycles. The minimum Gasteiger partial charge on any atom is -0.313 e. The van der Waals surface area contributed by atoms with Gasteiger partial charge in [0.2, 0.25) is 6.04 Å². The molecule has 17 heavy (non-hydrogen) atoms. The van der Waals surface area contributed by atoms with Crippen LogP contribution in [-0.2, 0) is 0 Å². The van der Waals surface area contributed by atoms with E-state index in [-0.39, 0.29) is 0 Å². The zero-order valence-corrected chi connectivity index (χ0v) is 11.7. The third-order valence-corrected chi connectivity index (χ3v) is 6.47. The fourth-order valence-corrected chi connectivity index (χ4v) is 5.86. The third-order valence-electron chi connectivity index (χ3n) is 6.47. The highest BCUT2D eigenvalue weighted by molar-refractivity contribution is 5.17. The summed E-state index contributed by atoms with van der Waals surface area (Å²) in [5, 5.41) is 0. The van der Waals surface area contributed by atoms with E-state index in [4.69, 9.17) is 6.57 Å². The molecule has 4 bridgehead atoms. The fraction of sp³-hybridized carbons (Fsp3) is 0.938. The van der Waals surface area contributed by atoms with E-state index >= 15 is 0 Å². The average Bonchev–Trinajstić information content (AvgIpc) is 2.43. The molecule has 0 aromatic carbocycles. The quantitative estimate of drug-likeness (QED) is 0.589. The van der Waals surface area contributed by atoms with Gasteiger partial charge in [0.15, 0.2) is 0 Å². The van der Waals surface area contributed by atoms with Gasteiger partial charge in [0.25, 0.3) is 0 Å². The lowest BCUT2D eigenvalue weighted by molar-refractivity contribution is -0.0497. The molecule has 4 fully saturated rings. The maximum atomic E-state index is 7.45. The first-order chi connectivity index (χ1) is 7.89. The molecule has 0 aromatic rings. The van der Waals surface area contributed by atoms with Crippen molar-refractivity contribution in [1.82, 2.24) is 0 Å². The van der Waals surface area contributed by atoms with E-state index in [1.807, 2.05) is 0 Å². The van der Waals surface area contributed by atoms with Crippen molar-refractivity contribution in [3.8, 4) is 0 Å². The second-order valence-electron chi connectivity index (χ2n) is 7.95. The zero-order chi connectivity index (χ0) is 12.4. The highest BCUT2D eigenvalue weighted by atomic mass is 14.8. The topological polar surface area (TPSA) is 4.36 Å². The molecule has 1 heteroatoms. The molecule has 6 atom stereocenters. The molecule has 0 radical (unpaired) electrons. The van der Waals surface area contributed by atoms with E-state index in [0.717, 1.165) is 23.7 Å². The van der Waals surface area contributed by atoms with Crippen LogP contribution in [-0.4, -0.2) is 6.04 Å². The van der Waals surface area contributed by atoms with Crippen LogP contribution in [0.3, 0.4) is 0 Å². The second-order valence-corrected chi connectivity index (χ2v) is 7.95. The van der Waals surface area contributed by atoms with Crippen LogP contribution < -0.4 is 0 Å². The van der Waals surface area contributed by atoms with Crippen molar-refractivity contribution in [2.75, 3.05) is 0 Å². The molecule has 4 aliphatic rings. The van der Waals surface area contributed by atoms with Crippen LogP contribution in [0.1, 0.15) is 53.4 Å². The predicted octanol–water partition coefficient (Wildman–Crippen LogP) is 4.39. The average molecular weight is 231 g/mol. The Bertz CT molecular complexity index is 379. The van der Waals surface area contributed by atoms with E-state index in [9.17, 15) is 0 Å². The van der Waals surface area contributed by atoms with Crippen LogP contribution in [0.5, 0.6) is 0 Å². The number of hydrogen-bond acceptors (Lipinski definition) is 0. The van der Waals surface area contributed by atoms with Gasteiger partial charge in [-0.15, -0.1) is 0 Å². The summed E-state index contributed by atoms with van der Waals surface area (Å²) in [7, 11) is 0. The van der Waals surface area contributed by atoms with Crippen molar-refractivity contribution in [3.63, 3.8) is 0 Å². The van der Waals surface area contributed by atoms with Crippen LogP contribution in [0.25, 0.3) is 4.85 Å². The molecule has 5 unspecified atom stereocenters. The highest BCUT2D eigenvalue weighted by Crippen LogP contribution is 2.70. The summed E-state index contributed by atoms with van der Waals surface area (Å²) >= 11 is 0. The molecule has 0 heterocycles. The SMILES string of the molecule is [C-]#[N+][C@H]1CC2C3CC1(C)CC2(C)CC3C(C)C. The first kappa shape index (κ1) is 11.6. The van der Waals surface area contributed by atoms with Gasteiger partial charge in [0.05, 0.1) is 0 Å². The van der Waals surface area contributed by atoms with Crippen molar-refractivity contribution in [2.45, 2.75) is 59.4 Å². The Balaban J connectivity index is 1.98. The van der Waals surface area contributed by atoms with Gasteiger partial charge in [-0.3, -0.25) is 0 Å². The molecule has 0 aromatic heterocycles. The van der Waals surface area contributed by atoms with Crippen molar-refractivity contribution in [2.24, 2.45) is 34.5 Å². The monoisotopic (exact) mass is 231 g/mol. The summed E-state index contributed by atoms with van der Waals surface area (Å²) in [4.78, 5) is 3.95. The Hall–Kier alpha value is -0.510. The lowest BCUT2D eigenvalue weighted by Gasteiger charge is -2.54. The standard InChI is InChI=1S/C16H25N/c1-10(2)11-7-15(3)9-16(4)8-12(11)13(15)6-14(16)17-5/h10-14H,6-9H2,1-4H3/t11?,12?,13?,14-,15?,16?/m0/s1. The Labute approximate surface area is 106 Å². The van der Waals surface area contributed by atoms with Crippen molar-refractivity contribution < 1.29 is 0 Å². The zero-order valence-electron chi connectivity index (χ0n) is 11.7. The van der Waals surface area contributed by atoms with Crippen LogP contribution in [0, 0.1) is 41.1 Å². The maximum Gasteiger partial charge on any atom is 0.229 e. The fourth-order valence-electron chi connectivity index (χ4n) is 5.86. The van der Waals surface area contributed by atoms with E-state index in [1.54, 1.807) is 0 Å². The summed E-state index contributed by atoms with van der Waals surface area (Å²) < 4.78 is 0.